The largest absolute Gasteiger partial charge is 0.495 e. The van der Waals surface area contributed by atoms with Crippen LogP contribution in [-0.4, -0.2) is 107 Å². The molecule has 0 spiro atoms. The van der Waals surface area contributed by atoms with E-state index in [9.17, 15) is 21.6 Å². The first-order valence-corrected chi connectivity index (χ1v) is 19.6. The summed E-state index contributed by atoms with van der Waals surface area (Å²) in [5.74, 6) is 0.313. The van der Waals surface area contributed by atoms with E-state index in [1.54, 1.807) is 55.1 Å². The molecule has 13 nitrogen and oxygen atoms in total. The lowest BCUT2D eigenvalue weighted by molar-refractivity contribution is -0.0259. The molecule has 0 bridgehead atoms. The number of urea groups is 1. The van der Waals surface area contributed by atoms with Crippen LogP contribution in [0.15, 0.2) is 70.6 Å². The number of benzene rings is 3. The molecule has 3 aromatic carbocycles. The molecule has 3 aromatic rings. The summed E-state index contributed by atoms with van der Waals surface area (Å²) in [4.78, 5) is 27.9. The lowest BCUT2D eigenvalue weighted by Crippen LogP contribution is -2.55. The van der Waals surface area contributed by atoms with Crippen LogP contribution in [0, 0.1) is 0 Å². The Labute approximate surface area is 303 Å². The summed E-state index contributed by atoms with van der Waals surface area (Å²) >= 11 is 12.6. The molecule has 1 saturated heterocycles. The summed E-state index contributed by atoms with van der Waals surface area (Å²) in [5.41, 5.74) is 1.65. The predicted octanol–water partition coefficient (Wildman–Crippen LogP) is 5.21. The Morgan fingerprint density at radius 3 is 1.98 bits per heavy atom. The third-order valence-corrected chi connectivity index (χ3v) is 12.7. The average Bonchev–Trinajstić information content (AvgIpc) is 3.51. The van der Waals surface area contributed by atoms with E-state index in [0.29, 0.717) is 20.1 Å². The molecule has 50 heavy (non-hydrogen) atoms. The highest BCUT2D eigenvalue weighted by Gasteiger charge is 2.46. The number of carbonyl (C=O) groups excluding carboxylic acids is 1. The van der Waals surface area contributed by atoms with E-state index in [2.05, 4.69) is 0 Å². The monoisotopic (exact) mass is 767 g/mol. The molecular formula is C33H39Cl2N5O8S2. The molecule has 5 rings (SSSR count). The van der Waals surface area contributed by atoms with Crippen molar-refractivity contribution in [1.29, 1.82) is 0 Å². The number of halogens is 2. The highest BCUT2D eigenvalue weighted by atomic mass is 35.5. The van der Waals surface area contributed by atoms with Crippen LogP contribution < -0.4 is 9.47 Å². The molecular weight excluding hydrogens is 729 g/mol. The fourth-order valence-corrected chi connectivity index (χ4v) is 8.41. The molecule has 1 fully saturated rings. The second-order valence-corrected chi connectivity index (χ2v) is 16.4. The first-order chi connectivity index (χ1) is 23.8. The van der Waals surface area contributed by atoms with Gasteiger partial charge in [0.25, 0.3) is 10.0 Å². The lowest BCUT2D eigenvalue weighted by Gasteiger charge is -2.38. The van der Waals surface area contributed by atoms with Crippen LogP contribution in [0.3, 0.4) is 0 Å². The van der Waals surface area contributed by atoms with Gasteiger partial charge in [0.2, 0.25) is 10.0 Å². The Hall–Kier alpha value is -3.44. The van der Waals surface area contributed by atoms with Crippen molar-refractivity contribution >= 4 is 55.1 Å². The van der Waals surface area contributed by atoms with Crippen molar-refractivity contribution in [3.05, 3.63) is 87.4 Å². The molecule has 2 atom stereocenters. The fraction of sp³-hybridized carbons (Fsp3) is 0.394. The standard InChI is InChI=1S/C33H39Cl2N5O8S2/c1-6-48-27-21-28(46-4)29(50(44,45)37(3)47-5)20-26(27)32-36-30(22-8-12-24(34)13-9-22)31(23-10-14-25(35)15-11-23)40(32)33(41)38-16-18-39(19-17-38)49(42,43)7-2/h8-15,20-21,30-31H,6-7,16-19H2,1-5H3/t30-,31+/m0/s1. The van der Waals surface area contributed by atoms with Gasteiger partial charge in [0.15, 0.2) is 0 Å². The van der Waals surface area contributed by atoms with Crippen molar-refractivity contribution < 1.29 is 35.9 Å². The van der Waals surface area contributed by atoms with E-state index >= 15 is 0 Å². The van der Waals surface area contributed by atoms with Crippen LogP contribution in [0.4, 0.5) is 4.79 Å². The number of piperazine rings is 1. The van der Waals surface area contributed by atoms with Crippen LogP contribution in [0.1, 0.15) is 42.6 Å². The van der Waals surface area contributed by atoms with Gasteiger partial charge in [0.05, 0.1) is 38.2 Å². The minimum atomic E-state index is -4.27. The number of ether oxygens (including phenoxy) is 2. The normalized spacial score (nSPS) is 18.8. The zero-order valence-electron chi connectivity index (χ0n) is 28.2. The zero-order chi connectivity index (χ0) is 36.4. The number of hydrogen-bond donors (Lipinski definition) is 0. The van der Waals surface area contributed by atoms with E-state index in [1.165, 1.54) is 42.6 Å². The topological polar surface area (TPSA) is 138 Å². The van der Waals surface area contributed by atoms with Gasteiger partial charge in [-0.1, -0.05) is 51.9 Å². The molecule has 17 heteroatoms. The third kappa shape index (κ3) is 7.45. The fourth-order valence-electron chi connectivity index (χ4n) is 5.94. The lowest BCUT2D eigenvalue weighted by atomic mass is 9.93. The molecule has 0 unspecified atom stereocenters. The number of amides is 2. The highest BCUT2D eigenvalue weighted by Crippen LogP contribution is 2.46. The molecule has 0 aromatic heterocycles. The summed E-state index contributed by atoms with van der Waals surface area (Å²) in [6.07, 6.45) is 0. The number of amidine groups is 1. The SMILES string of the molecule is CCOc1cc(OC)c(S(=O)(=O)N(C)OC)cc1C1=N[C@@H](c2ccc(Cl)cc2)[C@@H](c2ccc(Cl)cc2)N1C(=O)N1CCN(S(=O)(=O)CC)CC1. The average molecular weight is 769 g/mol. The van der Waals surface area contributed by atoms with E-state index in [-0.39, 0.29) is 66.3 Å². The van der Waals surface area contributed by atoms with Gasteiger partial charge < -0.3 is 14.4 Å². The summed E-state index contributed by atoms with van der Waals surface area (Å²) in [7, 11) is -3.92. The molecule has 0 saturated carbocycles. The van der Waals surface area contributed by atoms with Crippen LogP contribution >= 0.6 is 23.2 Å². The molecule has 2 amide bonds. The molecule has 2 aliphatic rings. The smallest absolute Gasteiger partial charge is 0.326 e. The van der Waals surface area contributed by atoms with Crippen molar-refractivity contribution in [2.45, 2.75) is 30.8 Å². The Bertz CT molecular complexity index is 1950. The van der Waals surface area contributed by atoms with Gasteiger partial charge in [-0.15, -0.1) is 0 Å². The van der Waals surface area contributed by atoms with Crippen molar-refractivity contribution in [2.24, 2.45) is 4.99 Å². The summed E-state index contributed by atoms with van der Waals surface area (Å²) in [5, 5.41) is 1.01. The Morgan fingerprint density at radius 1 is 0.880 bits per heavy atom. The van der Waals surface area contributed by atoms with Gasteiger partial charge in [-0.05, 0) is 55.3 Å². The Kier molecular flexibility index (Phi) is 11.7. The Morgan fingerprint density at radius 2 is 1.46 bits per heavy atom. The van der Waals surface area contributed by atoms with Gasteiger partial charge >= 0.3 is 6.03 Å². The molecule has 0 N–H and O–H groups in total. The molecule has 2 heterocycles. The first-order valence-electron chi connectivity index (χ1n) is 15.8. The summed E-state index contributed by atoms with van der Waals surface area (Å²) in [6, 6.07) is 15.1. The summed E-state index contributed by atoms with van der Waals surface area (Å²) in [6.45, 7) is 4.04. The van der Waals surface area contributed by atoms with Crippen LogP contribution in [0.5, 0.6) is 11.5 Å². The minimum absolute atomic E-state index is 0.00525. The van der Waals surface area contributed by atoms with E-state index in [1.807, 2.05) is 12.1 Å². The van der Waals surface area contributed by atoms with Crippen molar-refractivity contribution in [1.82, 2.24) is 18.6 Å². The van der Waals surface area contributed by atoms with Gasteiger partial charge in [-0.3, -0.25) is 14.7 Å². The zero-order valence-corrected chi connectivity index (χ0v) is 31.4. The van der Waals surface area contributed by atoms with Crippen molar-refractivity contribution in [3.63, 3.8) is 0 Å². The number of hydroxylamine groups is 1. The maximum Gasteiger partial charge on any atom is 0.326 e. The summed E-state index contributed by atoms with van der Waals surface area (Å²) < 4.78 is 66.3. The molecule has 270 valence electrons. The number of nitrogens with zero attached hydrogens (tertiary/aromatic N) is 5. The second-order valence-electron chi connectivity index (χ2n) is 11.4. The molecule has 0 radical (unpaired) electrons. The van der Waals surface area contributed by atoms with Crippen molar-refractivity contribution in [2.75, 3.05) is 59.8 Å². The maximum atomic E-state index is 14.9. The van der Waals surface area contributed by atoms with Gasteiger partial charge in [0.1, 0.15) is 28.3 Å². The highest BCUT2D eigenvalue weighted by molar-refractivity contribution is 7.89. The van der Waals surface area contributed by atoms with Gasteiger partial charge in [0, 0.05) is 49.3 Å². The number of sulfonamides is 2. The van der Waals surface area contributed by atoms with E-state index in [0.717, 1.165) is 5.56 Å². The minimum Gasteiger partial charge on any atom is -0.495 e. The molecule has 0 aliphatic carbocycles. The quantitative estimate of drug-likeness (QED) is 0.243. The van der Waals surface area contributed by atoms with Crippen LogP contribution in [0.25, 0.3) is 0 Å². The van der Waals surface area contributed by atoms with Crippen LogP contribution in [0.2, 0.25) is 10.0 Å². The van der Waals surface area contributed by atoms with E-state index < -0.39 is 38.2 Å². The number of aliphatic imine (C=N–C) groups is 1. The van der Waals surface area contributed by atoms with Crippen molar-refractivity contribution in [3.8, 4) is 11.5 Å². The predicted molar refractivity (Wildman–Crippen MR) is 191 cm³/mol. The van der Waals surface area contributed by atoms with E-state index in [4.69, 9.17) is 42.5 Å². The Balaban J connectivity index is 1.74. The number of carbonyl (C=O) groups is 1. The van der Waals surface area contributed by atoms with Crippen LogP contribution in [-0.2, 0) is 24.9 Å². The number of methoxy groups -OCH3 is 1. The second kappa shape index (κ2) is 15.4. The first kappa shape index (κ1) is 37.8. The third-order valence-electron chi connectivity index (χ3n) is 8.64. The molecule has 2 aliphatic heterocycles. The van der Waals surface area contributed by atoms with Gasteiger partial charge in [-0.2, -0.15) is 4.31 Å². The number of rotatable bonds is 11. The number of hydrogen-bond acceptors (Lipinski definition) is 9. The van der Waals surface area contributed by atoms with Gasteiger partial charge in [-0.25, -0.2) is 21.6 Å². The maximum absolute atomic E-state index is 14.9.